The Hall–Kier alpha value is -0.570. The van der Waals surface area contributed by atoms with E-state index >= 15 is 0 Å². The van der Waals surface area contributed by atoms with Gasteiger partial charge in [-0.25, -0.2) is 0 Å². The number of amides is 1. The highest BCUT2D eigenvalue weighted by Gasteiger charge is 2.40. The number of nitrogens with two attached hydrogens (primary N) is 1. The molecule has 0 heterocycles. The molecule has 1 saturated carbocycles. The molecular formula is C10H19NO2. The van der Waals surface area contributed by atoms with E-state index in [1.54, 1.807) is 0 Å². The van der Waals surface area contributed by atoms with E-state index in [0.717, 1.165) is 25.7 Å². The molecule has 0 aromatic carbocycles. The Kier molecular flexibility index (Phi) is 2.96. The number of hydrogen-bond acceptors (Lipinski definition) is 2. The van der Waals surface area contributed by atoms with Crippen molar-refractivity contribution in [1.29, 1.82) is 0 Å². The van der Waals surface area contributed by atoms with Crippen LogP contribution in [0.1, 0.15) is 39.5 Å². The number of aliphatic hydroxyl groups excluding tert-OH is 1. The molecule has 1 aliphatic carbocycles. The SMILES string of the molecule is CC(C)(C(N)=O)[C@@H]1CCCC[C@H]1O. The highest BCUT2D eigenvalue weighted by atomic mass is 16.3. The van der Waals surface area contributed by atoms with Crippen LogP contribution in [0.2, 0.25) is 0 Å². The zero-order chi connectivity index (χ0) is 10.1. The van der Waals surface area contributed by atoms with Gasteiger partial charge in [-0.3, -0.25) is 4.79 Å². The first-order chi connectivity index (χ1) is 5.96. The maximum absolute atomic E-state index is 11.2. The fourth-order valence-electron chi connectivity index (χ4n) is 2.14. The normalized spacial score (nSPS) is 30.1. The molecule has 0 spiro atoms. The van der Waals surface area contributed by atoms with Crippen molar-refractivity contribution in [2.75, 3.05) is 0 Å². The second-order valence-corrected chi connectivity index (χ2v) is 4.54. The molecule has 0 saturated heterocycles. The van der Waals surface area contributed by atoms with Crippen LogP contribution in [0.3, 0.4) is 0 Å². The Morgan fingerprint density at radius 2 is 1.92 bits per heavy atom. The lowest BCUT2D eigenvalue weighted by atomic mass is 9.69. The highest BCUT2D eigenvalue weighted by molar-refractivity contribution is 5.80. The minimum absolute atomic E-state index is 0.0405. The molecular weight excluding hydrogens is 166 g/mol. The molecule has 0 aromatic rings. The van der Waals surface area contributed by atoms with Gasteiger partial charge in [0.25, 0.3) is 0 Å². The van der Waals surface area contributed by atoms with Crippen LogP contribution in [0.5, 0.6) is 0 Å². The lowest BCUT2D eigenvalue weighted by Crippen LogP contribution is -2.44. The smallest absolute Gasteiger partial charge is 0.223 e. The Morgan fingerprint density at radius 3 is 2.38 bits per heavy atom. The summed E-state index contributed by atoms with van der Waals surface area (Å²) in [6, 6.07) is 0. The predicted molar refractivity (Wildman–Crippen MR) is 50.9 cm³/mol. The van der Waals surface area contributed by atoms with E-state index < -0.39 is 5.41 Å². The molecule has 1 fully saturated rings. The number of carbonyl (C=O) groups is 1. The first-order valence-corrected chi connectivity index (χ1v) is 4.94. The summed E-state index contributed by atoms with van der Waals surface area (Å²) in [5.41, 5.74) is 4.74. The van der Waals surface area contributed by atoms with Crippen molar-refractivity contribution in [3.05, 3.63) is 0 Å². The maximum atomic E-state index is 11.2. The van der Waals surface area contributed by atoms with Gasteiger partial charge in [-0.1, -0.05) is 26.7 Å². The van der Waals surface area contributed by atoms with Crippen molar-refractivity contribution in [3.63, 3.8) is 0 Å². The van der Waals surface area contributed by atoms with Gasteiger partial charge in [0.2, 0.25) is 5.91 Å². The Morgan fingerprint density at radius 1 is 1.38 bits per heavy atom. The number of primary amides is 1. The van der Waals surface area contributed by atoms with Crippen molar-refractivity contribution in [2.24, 2.45) is 17.1 Å². The third kappa shape index (κ3) is 2.02. The molecule has 0 aliphatic heterocycles. The van der Waals surface area contributed by atoms with Gasteiger partial charge in [0.1, 0.15) is 0 Å². The van der Waals surface area contributed by atoms with Gasteiger partial charge in [-0.2, -0.15) is 0 Å². The quantitative estimate of drug-likeness (QED) is 0.675. The summed E-state index contributed by atoms with van der Waals surface area (Å²) in [5, 5.41) is 9.75. The standard InChI is InChI=1S/C10H19NO2/c1-10(2,9(11)13)7-5-3-4-6-8(7)12/h7-8,12H,3-6H2,1-2H3,(H2,11,13)/t7-,8-/m1/s1. The minimum Gasteiger partial charge on any atom is -0.393 e. The molecule has 3 heteroatoms. The highest BCUT2D eigenvalue weighted by Crippen LogP contribution is 2.38. The van der Waals surface area contributed by atoms with E-state index in [-0.39, 0.29) is 17.9 Å². The number of aliphatic hydroxyl groups is 1. The third-order valence-electron chi connectivity index (χ3n) is 3.29. The van der Waals surface area contributed by atoms with Crippen molar-refractivity contribution >= 4 is 5.91 Å². The van der Waals surface area contributed by atoms with Crippen LogP contribution in [0.4, 0.5) is 0 Å². The van der Waals surface area contributed by atoms with Crippen LogP contribution in [-0.2, 0) is 4.79 Å². The van der Waals surface area contributed by atoms with Gasteiger partial charge in [0.15, 0.2) is 0 Å². The van der Waals surface area contributed by atoms with Crippen molar-refractivity contribution in [1.82, 2.24) is 0 Å². The lowest BCUT2D eigenvalue weighted by Gasteiger charge is -2.37. The summed E-state index contributed by atoms with van der Waals surface area (Å²) in [5.74, 6) is -0.266. The third-order valence-corrected chi connectivity index (χ3v) is 3.29. The zero-order valence-electron chi connectivity index (χ0n) is 8.42. The van der Waals surface area contributed by atoms with E-state index in [1.165, 1.54) is 0 Å². The lowest BCUT2D eigenvalue weighted by molar-refractivity contribution is -0.133. The fourth-order valence-corrected chi connectivity index (χ4v) is 2.14. The summed E-state index contributed by atoms with van der Waals surface area (Å²) in [4.78, 5) is 11.2. The van der Waals surface area contributed by atoms with Gasteiger partial charge in [-0.15, -0.1) is 0 Å². The molecule has 2 atom stereocenters. The molecule has 1 rings (SSSR count). The van der Waals surface area contributed by atoms with Gasteiger partial charge in [-0.05, 0) is 18.8 Å². The van der Waals surface area contributed by atoms with E-state index in [4.69, 9.17) is 5.73 Å². The number of hydrogen-bond donors (Lipinski definition) is 2. The largest absolute Gasteiger partial charge is 0.393 e. The molecule has 1 amide bonds. The first-order valence-electron chi connectivity index (χ1n) is 4.94. The Balaban J connectivity index is 2.73. The van der Waals surface area contributed by atoms with Crippen LogP contribution < -0.4 is 5.73 Å². The average molecular weight is 185 g/mol. The second-order valence-electron chi connectivity index (χ2n) is 4.54. The minimum atomic E-state index is -0.570. The predicted octanol–water partition coefficient (Wildman–Crippen LogP) is 1.05. The molecule has 13 heavy (non-hydrogen) atoms. The van der Waals surface area contributed by atoms with E-state index in [0.29, 0.717) is 0 Å². The van der Waals surface area contributed by atoms with Crippen LogP contribution in [0.25, 0.3) is 0 Å². The fraction of sp³-hybridized carbons (Fsp3) is 0.900. The van der Waals surface area contributed by atoms with Crippen LogP contribution >= 0.6 is 0 Å². The summed E-state index contributed by atoms with van der Waals surface area (Å²) in [6.07, 6.45) is 3.53. The Bertz CT molecular complexity index is 201. The van der Waals surface area contributed by atoms with Crippen LogP contribution in [-0.4, -0.2) is 17.1 Å². The second kappa shape index (κ2) is 3.66. The number of carbonyl (C=O) groups excluding carboxylic acids is 1. The summed E-state index contributed by atoms with van der Waals surface area (Å²) in [6.45, 7) is 3.66. The molecule has 1 aliphatic rings. The van der Waals surface area contributed by atoms with Gasteiger partial charge in [0.05, 0.1) is 6.10 Å². The average Bonchev–Trinajstić information content (AvgIpc) is 2.04. The van der Waals surface area contributed by atoms with Crippen LogP contribution in [0.15, 0.2) is 0 Å². The molecule has 0 aromatic heterocycles. The molecule has 3 nitrogen and oxygen atoms in total. The summed E-state index contributed by atoms with van der Waals surface area (Å²) >= 11 is 0. The van der Waals surface area contributed by atoms with E-state index in [2.05, 4.69) is 0 Å². The number of rotatable bonds is 2. The first kappa shape index (κ1) is 10.5. The zero-order valence-corrected chi connectivity index (χ0v) is 8.42. The van der Waals surface area contributed by atoms with Crippen LogP contribution in [0, 0.1) is 11.3 Å². The summed E-state index contributed by atoms with van der Waals surface area (Å²) in [7, 11) is 0. The van der Waals surface area contributed by atoms with Crippen molar-refractivity contribution < 1.29 is 9.90 Å². The van der Waals surface area contributed by atoms with Gasteiger partial charge in [0, 0.05) is 5.41 Å². The van der Waals surface area contributed by atoms with Gasteiger partial charge >= 0.3 is 0 Å². The van der Waals surface area contributed by atoms with Crippen molar-refractivity contribution in [2.45, 2.75) is 45.6 Å². The maximum Gasteiger partial charge on any atom is 0.223 e. The van der Waals surface area contributed by atoms with Gasteiger partial charge < -0.3 is 10.8 Å². The van der Waals surface area contributed by atoms with Crippen molar-refractivity contribution in [3.8, 4) is 0 Å². The molecule has 0 radical (unpaired) electrons. The molecule has 76 valence electrons. The van der Waals surface area contributed by atoms with E-state index in [1.807, 2.05) is 13.8 Å². The topological polar surface area (TPSA) is 63.3 Å². The molecule has 0 unspecified atom stereocenters. The molecule has 3 N–H and O–H groups in total. The van der Waals surface area contributed by atoms with E-state index in [9.17, 15) is 9.90 Å². The Labute approximate surface area is 79.3 Å². The molecule has 0 bridgehead atoms. The summed E-state index contributed by atoms with van der Waals surface area (Å²) < 4.78 is 0. The monoisotopic (exact) mass is 185 g/mol.